The number of ether oxygens (including phenoxy) is 2. The summed E-state index contributed by atoms with van der Waals surface area (Å²) in [4.78, 5) is 13.7. The molecule has 1 fully saturated rings. The number of benzene rings is 1. The molecule has 2 N–H and O–H groups in total. The van der Waals surface area contributed by atoms with E-state index in [0.717, 1.165) is 43.8 Å². The first-order valence-corrected chi connectivity index (χ1v) is 7.45. The van der Waals surface area contributed by atoms with Crippen LogP contribution in [0.5, 0.6) is 5.75 Å². The molecular formula is C16H24N2O3. The van der Waals surface area contributed by atoms with Gasteiger partial charge in [-0.2, -0.15) is 0 Å². The Balaban J connectivity index is 1.62. The minimum atomic E-state index is -0.0891. The molecule has 1 heterocycles. The Bertz CT molecular complexity index is 447. The molecule has 1 aliphatic rings. The van der Waals surface area contributed by atoms with E-state index in [9.17, 15) is 4.79 Å². The van der Waals surface area contributed by atoms with Crippen LogP contribution in [0.3, 0.4) is 0 Å². The highest BCUT2D eigenvalue weighted by Crippen LogP contribution is 2.18. The van der Waals surface area contributed by atoms with Crippen LogP contribution < -0.4 is 10.5 Å². The van der Waals surface area contributed by atoms with Crippen LogP contribution in [0.1, 0.15) is 18.4 Å². The molecule has 0 amide bonds. The van der Waals surface area contributed by atoms with Crippen LogP contribution in [0.15, 0.2) is 24.3 Å². The molecule has 0 radical (unpaired) electrons. The Morgan fingerprint density at radius 3 is 2.81 bits per heavy atom. The van der Waals surface area contributed by atoms with Crippen molar-refractivity contribution in [2.75, 3.05) is 33.4 Å². The summed E-state index contributed by atoms with van der Waals surface area (Å²) in [5, 5.41) is 0. The normalized spacial score (nSPS) is 18.7. The van der Waals surface area contributed by atoms with Crippen LogP contribution in [0.25, 0.3) is 0 Å². The summed E-state index contributed by atoms with van der Waals surface area (Å²) in [6.07, 6.45) is 1.85. The van der Waals surface area contributed by atoms with Gasteiger partial charge in [0.1, 0.15) is 5.75 Å². The summed E-state index contributed by atoms with van der Waals surface area (Å²) in [7, 11) is 1.45. The van der Waals surface area contributed by atoms with Crippen molar-refractivity contribution < 1.29 is 14.3 Å². The Morgan fingerprint density at radius 2 is 2.14 bits per heavy atom. The molecule has 5 nitrogen and oxygen atoms in total. The summed E-state index contributed by atoms with van der Waals surface area (Å²) < 4.78 is 10.5. The van der Waals surface area contributed by atoms with Crippen LogP contribution in [-0.2, 0) is 16.1 Å². The fraction of sp³-hybridized carbons (Fsp3) is 0.562. The van der Waals surface area contributed by atoms with E-state index in [0.29, 0.717) is 13.2 Å². The van der Waals surface area contributed by atoms with Crippen LogP contribution in [-0.4, -0.2) is 44.2 Å². The van der Waals surface area contributed by atoms with Gasteiger partial charge in [0.2, 0.25) is 0 Å². The lowest BCUT2D eigenvalue weighted by atomic mass is 10.1. The topological polar surface area (TPSA) is 64.8 Å². The number of likely N-dealkylation sites (tertiary alicyclic amines) is 1. The summed E-state index contributed by atoms with van der Waals surface area (Å²) in [5.41, 5.74) is 6.66. The van der Waals surface area contributed by atoms with E-state index in [1.165, 1.54) is 7.11 Å². The number of hydrogen-bond acceptors (Lipinski definition) is 5. The van der Waals surface area contributed by atoms with Crippen molar-refractivity contribution in [2.24, 2.45) is 11.7 Å². The Kier molecular flexibility index (Phi) is 6.02. The molecule has 1 aromatic carbocycles. The monoisotopic (exact) mass is 292 g/mol. The Morgan fingerprint density at radius 1 is 1.38 bits per heavy atom. The summed E-state index contributed by atoms with van der Waals surface area (Å²) in [6.45, 7) is 3.95. The number of carbonyl (C=O) groups is 1. The molecule has 1 saturated heterocycles. The maximum absolute atomic E-state index is 11.4. The molecule has 2 rings (SSSR count). The first-order chi connectivity index (χ1) is 10.2. The van der Waals surface area contributed by atoms with Crippen molar-refractivity contribution in [1.29, 1.82) is 0 Å². The van der Waals surface area contributed by atoms with E-state index in [2.05, 4.69) is 4.90 Å². The average molecular weight is 292 g/mol. The maximum atomic E-state index is 11.4. The molecule has 0 aromatic heterocycles. The molecule has 0 aliphatic carbocycles. The molecular weight excluding hydrogens is 268 g/mol. The molecule has 5 heteroatoms. The van der Waals surface area contributed by atoms with E-state index in [1.54, 1.807) is 0 Å². The second-order valence-corrected chi connectivity index (χ2v) is 5.36. The van der Waals surface area contributed by atoms with Gasteiger partial charge in [0, 0.05) is 19.6 Å². The molecule has 0 bridgehead atoms. The zero-order chi connectivity index (χ0) is 15.1. The van der Waals surface area contributed by atoms with E-state index in [-0.39, 0.29) is 11.9 Å². The zero-order valence-electron chi connectivity index (χ0n) is 12.6. The highest BCUT2D eigenvalue weighted by atomic mass is 16.5. The Labute approximate surface area is 126 Å². The number of methoxy groups -OCH3 is 1. The predicted molar refractivity (Wildman–Crippen MR) is 81.0 cm³/mol. The number of esters is 1. The lowest BCUT2D eigenvalue weighted by Crippen LogP contribution is -2.25. The highest BCUT2D eigenvalue weighted by Gasteiger charge is 2.28. The van der Waals surface area contributed by atoms with Gasteiger partial charge in [-0.1, -0.05) is 12.1 Å². The SMILES string of the molecule is COC(=O)C1CCN(CCCOc2ccc(CN)cc2)C1. The van der Waals surface area contributed by atoms with Gasteiger partial charge in [-0.25, -0.2) is 0 Å². The highest BCUT2D eigenvalue weighted by molar-refractivity contribution is 5.72. The quantitative estimate of drug-likeness (QED) is 0.608. The van der Waals surface area contributed by atoms with Gasteiger partial charge in [0.25, 0.3) is 0 Å². The van der Waals surface area contributed by atoms with Crippen LogP contribution in [0.2, 0.25) is 0 Å². The van der Waals surface area contributed by atoms with E-state index in [4.69, 9.17) is 15.2 Å². The predicted octanol–water partition coefficient (Wildman–Crippen LogP) is 1.41. The summed E-state index contributed by atoms with van der Waals surface area (Å²) >= 11 is 0. The second kappa shape index (κ2) is 8.00. The fourth-order valence-corrected chi connectivity index (χ4v) is 2.59. The molecule has 1 aromatic rings. The molecule has 0 saturated carbocycles. The van der Waals surface area contributed by atoms with E-state index >= 15 is 0 Å². The summed E-state index contributed by atoms with van der Waals surface area (Å²) in [5.74, 6) is 0.828. The minimum Gasteiger partial charge on any atom is -0.494 e. The van der Waals surface area contributed by atoms with Gasteiger partial charge >= 0.3 is 5.97 Å². The van der Waals surface area contributed by atoms with E-state index in [1.807, 2.05) is 24.3 Å². The van der Waals surface area contributed by atoms with Gasteiger partial charge in [0.15, 0.2) is 0 Å². The maximum Gasteiger partial charge on any atom is 0.310 e. The standard InChI is InChI=1S/C16H24N2O3/c1-20-16(19)14-7-9-18(12-14)8-2-10-21-15-5-3-13(11-17)4-6-15/h3-6,14H,2,7-12,17H2,1H3. The number of rotatable bonds is 7. The molecule has 1 atom stereocenters. The van der Waals surface area contributed by atoms with E-state index < -0.39 is 0 Å². The van der Waals surface area contributed by atoms with Crippen molar-refractivity contribution in [3.8, 4) is 5.75 Å². The molecule has 1 unspecified atom stereocenters. The van der Waals surface area contributed by atoms with Gasteiger partial charge in [-0.15, -0.1) is 0 Å². The fourth-order valence-electron chi connectivity index (χ4n) is 2.59. The van der Waals surface area contributed by atoms with Crippen molar-refractivity contribution in [1.82, 2.24) is 4.90 Å². The lowest BCUT2D eigenvalue weighted by molar-refractivity contribution is -0.144. The average Bonchev–Trinajstić information content (AvgIpc) is 3.00. The van der Waals surface area contributed by atoms with Gasteiger partial charge in [0.05, 0.1) is 19.6 Å². The number of carbonyl (C=O) groups excluding carboxylic acids is 1. The van der Waals surface area contributed by atoms with Crippen molar-refractivity contribution >= 4 is 5.97 Å². The van der Waals surface area contributed by atoms with Gasteiger partial charge in [-0.05, 0) is 37.1 Å². The summed E-state index contributed by atoms with van der Waals surface area (Å²) in [6, 6.07) is 7.87. The minimum absolute atomic E-state index is 0.0414. The number of nitrogens with zero attached hydrogens (tertiary/aromatic N) is 1. The third-order valence-corrected chi connectivity index (χ3v) is 3.85. The number of nitrogens with two attached hydrogens (primary N) is 1. The van der Waals surface area contributed by atoms with Crippen molar-refractivity contribution in [3.63, 3.8) is 0 Å². The number of hydrogen-bond donors (Lipinski definition) is 1. The zero-order valence-corrected chi connectivity index (χ0v) is 12.6. The largest absolute Gasteiger partial charge is 0.494 e. The smallest absolute Gasteiger partial charge is 0.310 e. The first kappa shape index (κ1) is 15.8. The van der Waals surface area contributed by atoms with Gasteiger partial charge < -0.3 is 20.1 Å². The lowest BCUT2D eigenvalue weighted by Gasteiger charge is -2.15. The van der Waals surface area contributed by atoms with Crippen molar-refractivity contribution in [3.05, 3.63) is 29.8 Å². The van der Waals surface area contributed by atoms with Crippen LogP contribution in [0.4, 0.5) is 0 Å². The molecule has 0 spiro atoms. The molecule has 116 valence electrons. The van der Waals surface area contributed by atoms with Crippen LogP contribution >= 0.6 is 0 Å². The van der Waals surface area contributed by atoms with Crippen molar-refractivity contribution in [2.45, 2.75) is 19.4 Å². The second-order valence-electron chi connectivity index (χ2n) is 5.36. The Hall–Kier alpha value is -1.59. The first-order valence-electron chi connectivity index (χ1n) is 7.45. The third-order valence-electron chi connectivity index (χ3n) is 3.85. The van der Waals surface area contributed by atoms with Crippen LogP contribution in [0, 0.1) is 5.92 Å². The molecule has 21 heavy (non-hydrogen) atoms. The van der Waals surface area contributed by atoms with Gasteiger partial charge in [-0.3, -0.25) is 4.79 Å². The third kappa shape index (κ3) is 4.72. The molecule has 1 aliphatic heterocycles.